The number of carbonyl (C=O) groups is 1. The molecule has 0 fully saturated rings. The van der Waals surface area contributed by atoms with E-state index in [1.165, 1.54) is 0 Å². The van der Waals surface area contributed by atoms with Crippen LogP contribution in [0.1, 0.15) is 20.8 Å². The smallest absolute Gasteiger partial charge is 0.414 e. The van der Waals surface area contributed by atoms with Crippen molar-refractivity contribution in [1.29, 1.82) is 0 Å². The van der Waals surface area contributed by atoms with Gasteiger partial charge in [-0.2, -0.15) is 0 Å². The molecule has 17 heavy (non-hydrogen) atoms. The van der Waals surface area contributed by atoms with E-state index >= 15 is 0 Å². The van der Waals surface area contributed by atoms with Crippen LogP contribution >= 0.6 is 0 Å². The Morgan fingerprint density at radius 1 is 1.35 bits per heavy atom. The van der Waals surface area contributed by atoms with Gasteiger partial charge in [0.25, 0.3) is 0 Å². The first-order chi connectivity index (χ1) is 8.15. The van der Waals surface area contributed by atoms with Crippen LogP contribution in [0.3, 0.4) is 0 Å². The summed E-state index contributed by atoms with van der Waals surface area (Å²) in [6.45, 7) is 6.14. The number of nitrogens with zero attached hydrogens (tertiary/aromatic N) is 1. The molecule has 1 rings (SSSR count). The van der Waals surface area contributed by atoms with Gasteiger partial charge in [0.05, 0.1) is 6.10 Å². The van der Waals surface area contributed by atoms with Gasteiger partial charge in [-0.3, -0.25) is 4.90 Å². The van der Waals surface area contributed by atoms with Crippen molar-refractivity contribution in [2.45, 2.75) is 26.9 Å². The lowest BCUT2D eigenvalue weighted by atomic mass is 10.3. The number of anilines is 1. The summed E-state index contributed by atoms with van der Waals surface area (Å²) in [5.74, 6) is 0. The van der Waals surface area contributed by atoms with E-state index in [0.717, 1.165) is 5.69 Å². The molecule has 0 saturated carbocycles. The van der Waals surface area contributed by atoms with Gasteiger partial charge in [-0.25, -0.2) is 4.79 Å². The molecule has 0 unspecified atom stereocenters. The van der Waals surface area contributed by atoms with Gasteiger partial charge >= 0.3 is 6.09 Å². The maximum absolute atomic E-state index is 11.9. The molecular weight excluding hydrogens is 214 g/mol. The van der Waals surface area contributed by atoms with Gasteiger partial charge in [-0.05, 0) is 32.9 Å². The lowest BCUT2D eigenvalue weighted by Crippen LogP contribution is -2.33. The van der Waals surface area contributed by atoms with E-state index in [9.17, 15) is 4.79 Å². The van der Waals surface area contributed by atoms with Crippen molar-refractivity contribution >= 4 is 11.8 Å². The van der Waals surface area contributed by atoms with Crippen LogP contribution in [-0.2, 0) is 4.74 Å². The van der Waals surface area contributed by atoms with E-state index in [2.05, 4.69) is 0 Å². The fraction of sp³-hybridized carbons (Fsp3) is 0.357. The minimum absolute atomic E-state index is 0.112. The van der Waals surface area contributed by atoms with Crippen molar-refractivity contribution in [3.63, 3.8) is 0 Å². The van der Waals surface area contributed by atoms with Gasteiger partial charge in [-0.1, -0.05) is 30.4 Å². The van der Waals surface area contributed by atoms with Crippen molar-refractivity contribution in [1.82, 2.24) is 0 Å². The summed E-state index contributed by atoms with van der Waals surface area (Å²) in [5.41, 5.74) is 0.844. The van der Waals surface area contributed by atoms with E-state index in [-0.39, 0.29) is 12.2 Å². The Morgan fingerprint density at radius 2 is 2.00 bits per heavy atom. The van der Waals surface area contributed by atoms with Crippen molar-refractivity contribution in [2.24, 2.45) is 0 Å². The molecule has 0 aromatic heterocycles. The Labute approximate surface area is 103 Å². The van der Waals surface area contributed by atoms with E-state index in [1.54, 1.807) is 4.90 Å². The molecule has 0 heterocycles. The molecule has 0 bridgehead atoms. The molecule has 1 aromatic carbocycles. The highest BCUT2D eigenvalue weighted by Crippen LogP contribution is 2.15. The van der Waals surface area contributed by atoms with Gasteiger partial charge < -0.3 is 4.74 Å². The van der Waals surface area contributed by atoms with Gasteiger partial charge in [0.2, 0.25) is 0 Å². The first-order valence-corrected chi connectivity index (χ1v) is 5.79. The van der Waals surface area contributed by atoms with Crippen molar-refractivity contribution in [2.75, 3.05) is 11.4 Å². The number of para-hydroxylation sites is 1. The van der Waals surface area contributed by atoms with Crippen LogP contribution < -0.4 is 4.90 Å². The summed E-state index contributed by atoms with van der Waals surface area (Å²) in [7, 11) is 0. The van der Waals surface area contributed by atoms with E-state index in [4.69, 9.17) is 4.74 Å². The highest BCUT2D eigenvalue weighted by atomic mass is 16.6. The summed E-state index contributed by atoms with van der Waals surface area (Å²) in [4.78, 5) is 13.5. The molecule has 3 heteroatoms. The Bertz CT molecular complexity index is 371. The molecule has 0 atom stereocenters. The van der Waals surface area contributed by atoms with Crippen LogP contribution in [0.2, 0.25) is 0 Å². The molecule has 3 nitrogen and oxygen atoms in total. The second-order valence-corrected chi connectivity index (χ2v) is 3.95. The summed E-state index contributed by atoms with van der Waals surface area (Å²) in [5, 5.41) is 0. The van der Waals surface area contributed by atoms with Crippen LogP contribution in [0.4, 0.5) is 10.5 Å². The van der Waals surface area contributed by atoms with Gasteiger partial charge in [-0.15, -0.1) is 0 Å². The van der Waals surface area contributed by atoms with Crippen LogP contribution in [0.15, 0.2) is 42.5 Å². The standard InChI is InChI=1S/C14H19NO2/c1-4-5-11-15(14(16)17-12(2)3)13-9-7-6-8-10-13/h4-10,12H,11H2,1-3H3/b5-4+. The summed E-state index contributed by atoms with van der Waals surface area (Å²) >= 11 is 0. The summed E-state index contributed by atoms with van der Waals surface area (Å²) in [6, 6.07) is 9.52. The second-order valence-electron chi connectivity index (χ2n) is 3.95. The van der Waals surface area contributed by atoms with Crippen molar-refractivity contribution in [3.8, 4) is 0 Å². The predicted molar refractivity (Wildman–Crippen MR) is 70.2 cm³/mol. The minimum atomic E-state index is -0.315. The number of allylic oxidation sites excluding steroid dienone is 1. The summed E-state index contributed by atoms with van der Waals surface area (Å²) < 4.78 is 5.22. The zero-order valence-electron chi connectivity index (χ0n) is 10.6. The highest BCUT2D eigenvalue weighted by Gasteiger charge is 2.16. The molecule has 0 aliphatic carbocycles. The van der Waals surface area contributed by atoms with Crippen LogP contribution in [0, 0.1) is 0 Å². The highest BCUT2D eigenvalue weighted by molar-refractivity contribution is 5.87. The largest absolute Gasteiger partial charge is 0.446 e. The normalized spacial score (nSPS) is 10.8. The van der Waals surface area contributed by atoms with E-state index in [0.29, 0.717) is 6.54 Å². The lowest BCUT2D eigenvalue weighted by Gasteiger charge is -2.22. The van der Waals surface area contributed by atoms with E-state index in [1.807, 2.05) is 63.3 Å². The van der Waals surface area contributed by atoms with Crippen molar-refractivity contribution in [3.05, 3.63) is 42.5 Å². The number of rotatable bonds is 4. The summed E-state index contributed by atoms with van der Waals surface area (Å²) in [6.07, 6.45) is 3.41. The third kappa shape index (κ3) is 4.31. The topological polar surface area (TPSA) is 29.5 Å². The predicted octanol–water partition coefficient (Wildman–Crippen LogP) is 3.61. The number of hydrogen-bond acceptors (Lipinski definition) is 2. The molecule has 0 aliphatic rings. The Hall–Kier alpha value is -1.77. The van der Waals surface area contributed by atoms with Gasteiger partial charge in [0, 0.05) is 12.2 Å². The molecule has 0 aliphatic heterocycles. The van der Waals surface area contributed by atoms with Crippen molar-refractivity contribution < 1.29 is 9.53 Å². The van der Waals surface area contributed by atoms with Crippen LogP contribution in [0.25, 0.3) is 0 Å². The molecule has 0 saturated heterocycles. The third-order valence-corrected chi connectivity index (χ3v) is 2.15. The third-order valence-electron chi connectivity index (χ3n) is 2.15. The van der Waals surface area contributed by atoms with Gasteiger partial charge in [0.1, 0.15) is 0 Å². The molecule has 0 N–H and O–H groups in total. The number of ether oxygens (including phenoxy) is 1. The quantitative estimate of drug-likeness (QED) is 0.743. The maximum Gasteiger partial charge on any atom is 0.414 e. The SMILES string of the molecule is C/C=C/CN(C(=O)OC(C)C)c1ccccc1. The molecule has 0 radical (unpaired) electrons. The zero-order chi connectivity index (χ0) is 12.7. The number of amides is 1. The number of carbonyl (C=O) groups excluding carboxylic acids is 1. The van der Waals surface area contributed by atoms with Crippen LogP contribution in [0.5, 0.6) is 0 Å². The van der Waals surface area contributed by atoms with E-state index < -0.39 is 0 Å². The van der Waals surface area contributed by atoms with Gasteiger partial charge in [0.15, 0.2) is 0 Å². The fourth-order valence-corrected chi connectivity index (χ4v) is 1.37. The average Bonchev–Trinajstić information content (AvgIpc) is 2.30. The lowest BCUT2D eigenvalue weighted by molar-refractivity contribution is 0.123. The monoisotopic (exact) mass is 233 g/mol. The molecule has 1 aromatic rings. The Morgan fingerprint density at radius 3 is 2.53 bits per heavy atom. The Kier molecular flexibility index (Phi) is 5.27. The number of benzene rings is 1. The molecule has 0 spiro atoms. The first kappa shape index (κ1) is 13.3. The minimum Gasteiger partial charge on any atom is -0.446 e. The zero-order valence-corrected chi connectivity index (χ0v) is 10.6. The molecule has 1 amide bonds. The average molecular weight is 233 g/mol. The fourth-order valence-electron chi connectivity index (χ4n) is 1.37. The maximum atomic E-state index is 11.9. The molecular formula is C14H19NO2. The molecule has 92 valence electrons. The first-order valence-electron chi connectivity index (χ1n) is 5.79. The number of hydrogen-bond donors (Lipinski definition) is 0. The second kappa shape index (κ2) is 6.74. The Balaban J connectivity index is 2.84. The van der Waals surface area contributed by atoms with Crippen LogP contribution in [-0.4, -0.2) is 18.7 Å².